The summed E-state index contributed by atoms with van der Waals surface area (Å²) in [6, 6.07) is 12.8. The van der Waals surface area contributed by atoms with Crippen molar-refractivity contribution >= 4 is 16.6 Å². The lowest BCUT2D eigenvalue weighted by atomic mass is 10.1. The molecule has 9 heteroatoms. The van der Waals surface area contributed by atoms with Crippen molar-refractivity contribution in [3.8, 4) is 22.8 Å². The van der Waals surface area contributed by atoms with Gasteiger partial charge in [-0.05, 0) is 36.4 Å². The van der Waals surface area contributed by atoms with Crippen molar-refractivity contribution in [2.75, 3.05) is 7.11 Å². The molecule has 0 atom stereocenters. The van der Waals surface area contributed by atoms with Crippen LogP contribution < -0.4 is 16.0 Å². The molecule has 28 heavy (non-hydrogen) atoms. The standard InChI is InChI=1S/C19H14N4O5/c1-21-18(24)15-10-11-9-13(23(26)27)5-8-16(11)22(17(15)20-19(21)25)12-3-6-14(28-2)7-4-12/h3-10H,1-2H3. The first-order valence-corrected chi connectivity index (χ1v) is 8.26. The van der Waals surface area contributed by atoms with Gasteiger partial charge >= 0.3 is 5.69 Å². The van der Waals surface area contributed by atoms with Gasteiger partial charge in [-0.2, -0.15) is 4.98 Å². The second-order valence-electron chi connectivity index (χ2n) is 6.17. The lowest BCUT2D eigenvalue weighted by Crippen LogP contribution is -2.35. The summed E-state index contributed by atoms with van der Waals surface area (Å²) in [6.07, 6.45) is 0. The number of pyridine rings is 1. The van der Waals surface area contributed by atoms with Crippen LogP contribution in [0.2, 0.25) is 0 Å². The Kier molecular flexibility index (Phi) is 3.92. The van der Waals surface area contributed by atoms with Crippen molar-refractivity contribution in [3.63, 3.8) is 0 Å². The van der Waals surface area contributed by atoms with Crippen LogP contribution in [-0.2, 0) is 7.05 Å². The Morgan fingerprint density at radius 2 is 1.79 bits per heavy atom. The monoisotopic (exact) mass is 378 g/mol. The quantitative estimate of drug-likeness (QED) is 0.307. The Bertz CT molecular complexity index is 1320. The molecule has 4 rings (SSSR count). The van der Waals surface area contributed by atoms with E-state index in [1.165, 1.54) is 25.2 Å². The van der Waals surface area contributed by atoms with Gasteiger partial charge in [0.2, 0.25) is 0 Å². The molecule has 140 valence electrons. The number of fused-ring (bicyclic) bond motifs is 2. The third kappa shape index (κ3) is 2.60. The molecule has 9 nitrogen and oxygen atoms in total. The SMILES string of the molecule is COc1ccc(-n2c3nc(=O)n(C)c(=O)c-3cc3cc([N+](=O)[O-])ccc32)cc1. The molecule has 0 aromatic heterocycles. The van der Waals surface area contributed by atoms with E-state index in [1.807, 2.05) is 0 Å². The molecule has 0 fully saturated rings. The molecule has 0 saturated heterocycles. The predicted octanol–water partition coefficient (Wildman–Crippen LogP) is 2.11. The number of nitro groups is 1. The van der Waals surface area contributed by atoms with Crippen LogP contribution in [0.1, 0.15) is 0 Å². The number of aromatic nitrogens is 3. The van der Waals surface area contributed by atoms with Gasteiger partial charge in [-0.25, -0.2) is 4.79 Å². The maximum absolute atomic E-state index is 12.7. The van der Waals surface area contributed by atoms with Gasteiger partial charge in [0.05, 0.1) is 23.1 Å². The molecule has 2 aliphatic rings. The molecule has 0 aliphatic carbocycles. The Morgan fingerprint density at radius 3 is 2.43 bits per heavy atom. The minimum absolute atomic E-state index is 0.0987. The van der Waals surface area contributed by atoms with Crippen LogP contribution in [0.3, 0.4) is 0 Å². The number of nitrogens with zero attached hydrogens (tertiary/aromatic N) is 4. The highest BCUT2D eigenvalue weighted by Gasteiger charge is 2.21. The first-order chi connectivity index (χ1) is 13.4. The number of ether oxygens (including phenoxy) is 1. The molecule has 0 saturated carbocycles. The highest BCUT2D eigenvalue weighted by Crippen LogP contribution is 2.30. The van der Waals surface area contributed by atoms with E-state index in [-0.39, 0.29) is 17.1 Å². The fraction of sp³-hybridized carbons (Fsp3) is 0.105. The average molecular weight is 378 g/mol. The van der Waals surface area contributed by atoms with Gasteiger partial charge in [-0.3, -0.25) is 24.0 Å². The smallest absolute Gasteiger partial charge is 0.352 e. The maximum Gasteiger partial charge on any atom is 0.352 e. The molecular weight excluding hydrogens is 364 g/mol. The van der Waals surface area contributed by atoms with E-state index in [9.17, 15) is 19.7 Å². The number of hydrogen-bond donors (Lipinski definition) is 0. The number of hydrogen-bond acceptors (Lipinski definition) is 6. The number of methoxy groups -OCH3 is 1. The zero-order valence-corrected chi connectivity index (χ0v) is 14.9. The number of rotatable bonds is 3. The van der Waals surface area contributed by atoms with E-state index >= 15 is 0 Å². The first-order valence-electron chi connectivity index (χ1n) is 8.26. The molecule has 0 bridgehead atoms. The van der Waals surface area contributed by atoms with E-state index in [4.69, 9.17) is 4.74 Å². The molecule has 2 aromatic rings. The van der Waals surface area contributed by atoms with Crippen LogP contribution in [0.4, 0.5) is 5.69 Å². The van der Waals surface area contributed by atoms with Gasteiger partial charge in [0.15, 0.2) is 5.82 Å². The van der Waals surface area contributed by atoms with Crippen molar-refractivity contribution in [3.05, 3.63) is 79.5 Å². The van der Waals surface area contributed by atoms with Crippen LogP contribution in [0.5, 0.6) is 5.75 Å². The van der Waals surface area contributed by atoms with Gasteiger partial charge < -0.3 is 4.74 Å². The molecule has 2 heterocycles. The summed E-state index contributed by atoms with van der Waals surface area (Å²) in [4.78, 5) is 39.5. The lowest BCUT2D eigenvalue weighted by Gasteiger charge is -2.18. The number of non-ortho nitro benzene ring substituents is 1. The van der Waals surface area contributed by atoms with Gasteiger partial charge in [0.1, 0.15) is 5.75 Å². The Hall–Kier alpha value is -4.01. The van der Waals surface area contributed by atoms with E-state index in [0.29, 0.717) is 22.3 Å². The second kappa shape index (κ2) is 6.31. The van der Waals surface area contributed by atoms with Crippen LogP contribution in [0.25, 0.3) is 28.0 Å². The van der Waals surface area contributed by atoms with Crippen molar-refractivity contribution < 1.29 is 9.66 Å². The Morgan fingerprint density at radius 1 is 1.07 bits per heavy atom. The predicted molar refractivity (Wildman–Crippen MR) is 102 cm³/mol. The van der Waals surface area contributed by atoms with Crippen LogP contribution in [-0.4, -0.2) is 26.2 Å². The highest BCUT2D eigenvalue weighted by atomic mass is 16.6. The maximum atomic E-state index is 12.7. The summed E-state index contributed by atoms with van der Waals surface area (Å²) in [7, 11) is 2.88. The molecule has 0 radical (unpaired) electrons. The third-order valence-electron chi connectivity index (χ3n) is 4.57. The minimum atomic E-state index is -0.680. The van der Waals surface area contributed by atoms with Crippen molar-refractivity contribution in [2.45, 2.75) is 0 Å². The van der Waals surface area contributed by atoms with Gasteiger partial charge in [0.25, 0.3) is 11.2 Å². The van der Waals surface area contributed by atoms with E-state index in [2.05, 4.69) is 4.98 Å². The van der Waals surface area contributed by atoms with Crippen molar-refractivity contribution in [1.29, 1.82) is 0 Å². The number of benzene rings is 2. The summed E-state index contributed by atoms with van der Waals surface area (Å²) in [5.74, 6) is 0.817. The molecule has 2 aromatic carbocycles. The number of nitro benzene ring substituents is 1. The van der Waals surface area contributed by atoms with Gasteiger partial charge in [-0.15, -0.1) is 0 Å². The van der Waals surface area contributed by atoms with Gasteiger partial charge in [-0.1, -0.05) is 0 Å². The second-order valence-corrected chi connectivity index (χ2v) is 6.17. The molecular formula is C19H14N4O5. The van der Waals surface area contributed by atoms with E-state index in [1.54, 1.807) is 42.0 Å². The van der Waals surface area contributed by atoms with Crippen LogP contribution >= 0.6 is 0 Å². The minimum Gasteiger partial charge on any atom is -0.497 e. The first kappa shape index (κ1) is 17.4. The Labute approximate surface area is 157 Å². The highest BCUT2D eigenvalue weighted by molar-refractivity contribution is 5.89. The summed E-state index contributed by atoms with van der Waals surface area (Å²) in [5, 5.41) is 11.6. The Balaban J connectivity index is 2.18. The van der Waals surface area contributed by atoms with E-state index < -0.39 is 16.2 Å². The summed E-state index contributed by atoms with van der Waals surface area (Å²) < 4.78 is 7.72. The normalized spacial score (nSPS) is 11.1. The zero-order valence-electron chi connectivity index (χ0n) is 14.9. The third-order valence-corrected chi connectivity index (χ3v) is 4.57. The van der Waals surface area contributed by atoms with Crippen LogP contribution in [0.15, 0.2) is 58.1 Å². The topological polar surface area (TPSA) is 109 Å². The molecule has 2 aliphatic heterocycles. The fourth-order valence-corrected chi connectivity index (χ4v) is 3.12. The summed E-state index contributed by atoms with van der Waals surface area (Å²) in [6.45, 7) is 0. The average Bonchev–Trinajstić information content (AvgIpc) is 2.70. The van der Waals surface area contributed by atoms with Crippen molar-refractivity contribution in [1.82, 2.24) is 14.1 Å². The zero-order chi connectivity index (χ0) is 20.0. The summed E-state index contributed by atoms with van der Waals surface area (Å²) in [5.41, 5.74) is 0.0878. The lowest BCUT2D eigenvalue weighted by molar-refractivity contribution is -0.384. The molecule has 0 unspecified atom stereocenters. The van der Waals surface area contributed by atoms with Crippen molar-refractivity contribution in [2.24, 2.45) is 7.05 Å². The van der Waals surface area contributed by atoms with Crippen LogP contribution in [0, 0.1) is 10.1 Å². The van der Waals surface area contributed by atoms with E-state index in [0.717, 1.165) is 4.57 Å². The largest absolute Gasteiger partial charge is 0.497 e. The molecule has 0 spiro atoms. The fourth-order valence-electron chi connectivity index (χ4n) is 3.12. The van der Waals surface area contributed by atoms with Gasteiger partial charge in [0, 0.05) is 30.3 Å². The molecule has 0 amide bonds. The molecule has 0 N–H and O–H groups in total. The summed E-state index contributed by atoms with van der Waals surface area (Å²) >= 11 is 0.